The molecule has 0 radical (unpaired) electrons. The average molecular weight is 279 g/mol. The number of hydrogen-bond donors (Lipinski definition) is 1. The maximum atomic E-state index is 9.12. The van der Waals surface area contributed by atoms with Crippen molar-refractivity contribution in [2.75, 3.05) is 33.4 Å². The number of hydrogen-bond acceptors (Lipinski definition) is 4. The number of rotatable bonds is 7. The van der Waals surface area contributed by atoms with Gasteiger partial charge in [0.05, 0.1) is 7.11 Å². The monoisotopic (exact) mass is 279 g/mol. The molecule has 0 saturated carbocycles. The second-order valence-corrected chi connectivity index (χ2v) is 5.22. The van der Waals surface area contributed by atoms with Gasteiger partial charge in [-0.3, -0.25) is 4.90 Å². The summed E-state index contributed by atoms with van der Waals surface area (Å²) in [6.07, 6.45) is 4.61. The molecule has 0 aliphatic carbocycles. The van der Waals surface area contributed by atoms with Crippen molar-refractivity contribution in [3.63, 3.8) is 0 Å². The lowest BCUT2D eigenvalue weighted by molar-refractivity contribution is 0.102. The van der Waals surface area contributed by atoms with Gasteiger partial charge in [-0.25, -0.2) is 0 Å². The van der Waals surface area contributed by atoms with Crippen LogP contribution in [0.3, 0.4) is 0 Å². The molecule has 4 heteroatoms. The van der Waals surface area contributed by atoms with Crippen LogP contribution in [0.2, 0.25) is 0 Å². The smallest absolute Gasteiger partial charge is 0.119 e. The van der Waals surface area contributed by atoms with Gasteiger partial charge in [0.25, 0.3) is 0 Å². The number of methoxy groups -OCH3 is 1. The van der Waals surface area contributed by atoms with Crippen molar-refractivity contribution in [2.45, 2.75) is 31.7 Å². The minimum atomic E-state index is 0.278. The average Bonchev–Trinajstić information content (AvgIpc) is 2.50. The van der Waals surface area contributed by atoms with Gasteiger partial charge in [0.1, 0.15) is 18.1 Å². The molecule has 1 fully saturated rings. The van der Waals surface area contributed by atoms with Crippen LogP contribution in [0, 0.1) is 0 Å². The minimum absolute atomic E-state index is 0.278. The summed E-state index contributed by atoms with van der Waals surface area (Å²) in [5, 5.41) is 9.12. The van der Waals surface area contributed by atoms with Crippen LogP contribution in [0.25, 0.3) is 0 Å². The Bertz CT molecular complexity index is 378. The van der Waals surface area contributed by atoms with Crippen LogP contribution in [0.5, 0.6) is 11.5 Å². The van der Waals surface area contributed by atoms with Crippen LogP contribution >= 0.6 is 0 Å². The Hall–Kier alpha value is -1.26. The van der Waals surface area contributed by atoms with E-state index in [1.54, 1.807) is 7.11 Å². The Morgan fingerprint density at radius 1 is 1.20 bits per heavy atom. The third kappa shape index (κ3) is 4.39. The SMILES string of the molecule is COc1ccc(OCCN2CCCCC2CCO)cc1. The largest absolute Gasteiger partial charge is 0.497 e. The molecule has 1 aliphatic heterocycles. The summed E-state index contributed by atoms with van der Waals surface area (Å²) in [5.41, 5.74) is 0. The van der Waals surface area contributed by atoms with E-state index in [9.17, 15) is 0 Å². The fourth-order valence-corrected chi connectivity index (χ4v) is 2.78. The summed E-state index contributed by atoms with van der Waals surface area (Å²) < 4.78 is 10.9. The third-order valence-corrected chi connectivity index (χ3v) is 3.92. The van der Waals surface area contributed by atoms with Crippen molar-refractivity contribution in [2.24, 2.45) is 0 Å². The quantitative estimate of drug-likeness (QED) is 0.831. The maximum Gasteiger partial charge on any atom is 0.119 e. The highest BCUT2D eigenvalue weighted by Crippen LogP contribution is 2.20. The van der Waals surface area contributed by atoms with Gasteiger partial charge in [-0.15, -0.1) is 0 Å². The topological polar surface area (TPSA) is 41.9 Å². The molecule has 1 unspecified atom stereocenters. The summed E-state index contributed by atoms with van der Waals surface area (Å²) >= 11 is 0. The van der Waals surface area contributed by atoms with Gasteiger partial charge in [0.15, 0.2) is 0 Å². The first kappa shape index (κ1) is 15.1. The predicted molar refractivity (Wildman–Crippen MR) is 79.4 cm³/mol. The first-order valence-corrected chi connectivity index (χ1v) is 7.45. The summed E-state index contributed by atoms with van der Waals surface area (Å²) in [6.45, 7) is 3.02. The Morgan fingerprint density at radius 3 is 2.65 bits per heavy atom. The lowest BCUT2D eigenvalue weighted by Crippen LogP contribution is -2.42. The number of aliphatic hydroxyl groups excluding tert-OH is 1. The van der Waals surface area contributed by atoms with Gasteiger partial charge >= 0.3 is 0 Å². The van der Waals surface area contributed by atoms with E-state index in [1.807, 2.05) is 24.3 Å². The minimum Gasteiger partial charge on any atom is -0.497 e. The number of aliphatic hydroxyl groups is 1. The Balaban J connectivity index is 1.75. The molecule has 2 rings (SSSR count). The lowest BCUT2D eigenvalue weighted by atomic mass is 10.00. The number of piperidine rings is 1. The standard InChI is InChI=1S/C16H25NO3/c1-19-15-5-7-16(8-6-15)20-13-11-17-10-3-2-4-14(17)9-12-18/h5-8,14,18H,2-4,9-13H2,1H3. The molecule has 1 aromatic carbocycles. The van der Waals surface area contributed by atoms with Crippen molar-refractivity contribution in [1.29, 1.82) is 0 Å². The molecule has 0 amide bonds. The summed E-state index contributed by atoms with van der Waals surface area (Å²) in [7, 11) is 1.66. The first-order chi connectivity index (χ1) is 9.83. The number of benzene rings is 1. The van der Waals surface area contributed by atoms with Gasteiger partial charge in [-0.2, -0.15) is 0 Å². The van der Waals surface area contributed by atoms with Gasteiger partial charge < -0.3 is 14.6 Å². The van der Waals surface area contributed by atoms with Gasteiger partial charge in [0, 0.05) is 19.2 Å². The molecule has 1 aliphatic rings. The van der Waals surface area contributed by atoms with Crippen LogP contribution < -0.4 is 9.47 Å². The molecule has 1 N–H and O–H groups in total. The normalized spacial score (nSPS) is 19.8. The van der Waals surface area contributed by atoms with Crippen molar-refractivity contribution in [3.05, 3.63) is 24.3 Å². The van der Waals surface area contributed by atoms with Crippen molar-refractivity contribution < 1.29 is 14.6 Å². The van der Waals surface area contributed by atoms with Crippen LogP contribution in [-0.2, 0) is 0 Å². The van der Waals surface area contributed by atoms with E-state index >= 15 is 0 Å². The highest BCUT2D eigenvalue weighted by molar-refractivity contribution is 5.31. The summed E-state index contributed by atoms with van der Waals surface area (Å²) in [6, 6.07) is 8.20. The van der Waals surface area contributed by atoms with Crippen molar-refractivity contribution >= 4 is 0 Å². The molecule has 4 nitrogen and oxygen atoms in total. The second-order valence-electron chi connectivity index (χ2n) is 5.22. The molecule has 112 valence electrons. The second kappa shape index (κ2) is 8.12. The zero-order valence-electron chi connectivity index (χ0n) is 12.3. The molecule has 1 atom stereocenters. The fraction of sp³-hybridized carbons (Fsp3) is 0.625. The molecular formula is C16H25NO3. The number of nitrogens with zero attached hydrogens (tertiary/aromatic N) is 1. The number of ether oxygens (including phenoxy) is 2. The van der Waals surface area contributed by atoms with Gasteiger partial charge in [0.2, 0.25) is 0 Å². The van der Waals surface area contributed by atoms with E-state index in [1.165, 1.54) is 19.3 Å². The fourth-order valence-electron chi connectivity index (χ4n) is 2.78. The zero-order valence-corrected chi connectivity index (χ0v) is 12.3. The van der Waals surface area contributed by atoms with Gasteiger partial charge in [-0.05, 0) is 50.1 Å². The van der Waals surface area contributed by atoms with E-state index in [4.69, 9.17) is 14.6 Å². The molecule has 20 heavy (non-hydrogen) atoms. The van der Waals surface area contributed by atoms with Crippen molar-refractivity contribution in [1.82, 2.24) is 4.90 Å². The van der Waals surface area contributed by atoms with Crippen LogP contribution in [0.1, 0.15) is 25.7 Å². The third-order valence-electron chi connectivity index (χ3n) is 3.92. The molecule has 0 aromatic heterocycles. The molecule has 1 saturated heterocycles. The number of likely N-dealkylation sites (tertiary alicyclic amines) is 1. The van der Waals surface area contributed by atoms with Gasteiger partial charge in [-0.1, -0.05) is 6.42 Å². The lowest BCUT2D eigenvalue weighted by Gasteiger charge is -2.35. The van der Waals surface area contributed by atoms with E-state index in [2.05, 4.69) is 4.90 Å². The van der Waals surface area contributed by atoms with E-state index < -0.39 is 0 Å². The molecule has 0 bridgehead atoms. The van der Waals surface area contributed by atoms with Crippen molar-refractivity contribution in [3.8, 4) is 11.5 Å². The summed E-state index contributed by atoms with van der Waals surface area (Å²) in [5.74, 6) is 1.72. The molecule has 0 spiro atoms. The van der Waals surface area contributed by atoms with Crippen LogP contribution in [0.4, 0.5) is 0 Å². The van der Waals surface area contributed by atoms with E-state index in [-0.39, 0.29) is 6.61 Å². The predicted octanol–water partition coefficient (Wildman–Crippen LogP) is 2.31. The van der Waals surface area contributed by atoms with Crippen LogP contribution in [-0.4, -0.2) is 49.5 Å². The van der Waals surface area contributed by atoms with Crippen LogP contribution in [0.15, 0.2) is 24.3 Å². The van der Waals surface area contributed by atoms with E-state index in [0.29, 0.717) is 12.6 Å². The Morgan fingerprint density at radius 2 is 1.95 bits per heavy atom. The molecular weight excluding hydrogens is 254 g/mol. The first-order valence-electron chi connectivity index (χ1n) is 7.45. The maximum absolute atomic E-state index is 9.12. The Labute approximate surface area is 121 Å². The zero-order chi connectivity index (χ0) is 14.2. The van der Waals surface area contributed by atoms with E-state index in [0.717, 1.165) is 31.0 Å². The Kier molecular flexibility index (Phi) is 6.15. The highest BCUT2D eigenvalue weighted by atomic mass is 16.5. The molecule has 1 heterocycles. The summed E-state index contributed by atoms with van der Waals surface area (Å²) in [4.78, 5) is 2.45. The highest BCUT2D eigenvalue weighted by Gasteiger charge is 2.21. The molecule has 1 aromatic rings.